The van der Waals surface area contributed by atoms with E-state index in [4.69, 9.17) is 10.3 Å². The number of nitrogens with zero attached hydrogens (tertiary/aromatic N) is 5. The molecular weight excluding hydrogens is 290 g/mol. The topological polar surface area (TPSA) is 101 Å². The van der Waals surface area contributed by atoms with E-state index >= 15 is 0 Å². The fourth-order valence-corrected chi connectivity index (χ4v) is 2.34. The van der Waals surface area contributed by atoms with E-state index in [0.717, 1.165) is 10.6 Å². The summed E-state index contributed by atoms with van der Waals surface area (Å²) in [5, 5.41) is 4.12. The molecule has 0 aromatic carbocycles. The van der Waals surface area contributed by atoms with Crippen LogP contribution in [0.5, 0.6) is 0 Å². The third-order valence-corrected chi connectivity index (χ3v) is 3.34. The summed E-state index contributed by atoms with van der Waals surface area (Å²) in [6.07, 6.45) is 6.43. The van der Waals surface area contributed by atoms with E-state index in [2.05, 4.69) is 20.0 Å². The SMILES string of the molecule is CCOC(=O)/C(=C/c1cnc(-c2cccnc2)s1)N=[N+]=[N-]. The zero-order chi connectivity index (χ0) is 15.1. The molecule has 2 aromatic heterocycles. The van der Waals surface area contributed by atoms with E-state index in [-0.39, 0.29) is 12.3 Å². The molecule has 0 unspecified atom stereocenters. The van der Waals surface area contributed by atoms with Crippen molar-refractivity contribution in [3.8, 4) is 10.6 Å². The molecule has 0 radical (unpaired) electrons. The van der Waals surface area contributed by atoms with Crippen LogP contribution in [0.1, 0.15) is 11.8 Å². The summed E-state index contributed by atoms with van der Waals surface area (Å²) in [7, 11) is 0. The van der Waals surface area contributed by atoms with Crippen molar-refractivity contribution in [2.75, 3.05) is 6.61 Å². The number of rotatable bonds is 5. The Morgan fingerprint density at radius 2 is 2.43 bits per heavy atom. The quantitative estimate of drug-likeness (QED) is 0.277. The van der Waals surface area contributed by atoms with Gasteiger partial charge in [0.25, 0.3) is 0 Å². The fraction of sp³-hybridized carbons (Fsp3) is 0.154. The van der Waals surface area contributed by atoms with Gasteiger partial charge in [0, 0.05) is 33.9 Å². The highest BCUT2D eigenvalue weighted by Gasteiger charge is 2.10. The Morgan fingerprint density at radius 1 is 1.57 bits per heavy atom. The van der Waals surface area contributed by atoms with Crippen LogP contribution in [0.15, 0.2) is 41.5 Å². The smallest absolute Gasteiger partial charge is 0.340 e. The molecule has 0 bridgehead atoms. The highest BCUT2D eigenvalue weighted by atomic mass is 32.1. The van der Waals surface area contributed by atoms with Gasteiger partial charge in [0.1, 0.15) is 10.7 Å². The summed E-state index contributed by atoms with van der Waals surface area (Å²) >= 11 is 1.36. The number of azide groups is 1. The van der Waals surface area contributed by atoms with Crippen LogP contribution in [-0.4, -0.2) is 22.5 Å². The van der Waals surface area contributed by atoms with Crippen molar-refractivity contribution >= 4 is 23.4 Å². The van der Waals surface area contributed by atoms with Gasteiger partial charge in [-0.15, -0.1) is 11.3 Å². The van der Waals surface area contributed by atoms with E-state index in [1.54, 1.807) is 25.5 Å². The number of carbonyl (C=O) groups excluding carboxylic acids is 1. The van der Waals surface area contributed by atoms with Gasteiger partial charge in [0.2, 0.25) is 0 Å². The van der Waals surface area contributed by atoms with Crippen LogP contribution in [-0.2, 0) is 9.53 Å². The zero-order valence-corrected chi connectivity index (χ0v) is 11.9. The maximum absolute atomic E-state index is 11.6. The molecule has 0 saturated carbocycles. The molecule has 21 heavy (non-hydrogen) atoms. The minimum Gasteiger partial charge on any atom is -0.462 e. The van der Waals surface area contributed by atoms with Gasteiger partial charge >= 0.3 is 5.97 Å². The lowest BCUT2D eigenvalue weighted by Crippen LogP contribution is -2.05. The molecule has 106 valence electrons. The Kier molecular flexibility index (Phi) is 5.03. The summed E-state index contributed by atoms with van der Waals surface area (Å²) in [6.45, 7) is 1.89. The normalized spacial score (nSPS) is 10.8. The monoisotopic (exact) mass is 301 g/mol. The molecule has 2 aromatic rings. The molecule has 0 aliphatic rings. The molecule has 0 saturated heterocycles. The first-order valence-corrected chi connectivity index (χ1v) is 6.86. The van der Waals surface area contributed by atoms with Crippen LogP contribution in [0, 0.1) is 0 Å². The molecule has 2 heterocycles. The first-order valence-electron chi connectivity index (χ1n) is 6.04. The van der Waals surface area contributed by atoms with Gasteiger partial charge in [0.05, 0.1) is 6.61 Å². The summed E-state index contributed by atoms with van der Waals surface area (Å²) in [6, 6.07) is 3.70. The molecule has 0 aliphatic carbocycles. The van der Waals surface area contributed by atoms with Crippen LogP contribution in [0.25, 0.3) is 27.1 Å². The Labute approximate surface area is 124 Å². The van der Waals surface area contributed by atoms with Crippen molar-refractivity contribution in [3.05, 3.63) is 51.7 Å². The van der Waals surface area contributed by atoms with Crippen LogP contribution >= 0.6 is 11.3 Å². The molecule has 2 rings (SSSR count). The van der Waals surface area contributed by atoms with Gasteiger partial charge in [-0.1, -0.05) is 5.11 Å². The molecule has 0 aliphatic heterocycles. The number of aromatic nitrogens is 2. The third kappa shape index (κ3) is 3.88. The summed E-state index contributed by atoms with van der Waals surface area (Å²) < 4.78 is 4.82. The maximum atomic E-state index is 11.6. The van der Waals surface area contributed by atoms with Crippen molar-refractivity contribution in [2.45, 2.75) is 6.92 Å². The Bertz CT molecular complexity index is 704. The largest absolute Gasteiger partial charge is 0.462 e. The number of hydrogen-bond acceptors (Lipinski definition) is 6. The van der Waals surface area contributed by atoms with E-state index in [9.17, 15) is 4.79 Å². The Balaban J connectivity index is 2.29. The van der Waals surface area contributed by atoms with Crippen molar-refractivity contribution in [1.29, 1.82) is 0 Å². The Morgan fingerprint density at radius 3 is 3.10 bits per heavy atom. The van der Waals surface area contributed by atoms with E-state index in [1.807, 2.05) is 12.1 Å². The van der Waals surface area contributed by atoms with Crippen LogP contribution in [0.4, 0.5) is 0 Å². The van der Waals surface area contributed by atoms with Gasteiger partial charge in [-0.2, -0.15) is 0 Å². The highest BCUT2D eigenvalue weighted by molar-refractivity contribution is 7.15. The second-order valence-corrected chi connectivity index (χ2v) is 4.81. The second-order valence-electron chi connectivity index (χ2n) is 3.75. The van der Waals surface area contributed by atoms with Gasteiger partial charge in [-0.05, 0) is 30.7 Å². The van der Waals surface area contributed by atoms with Crippen molar-refractivity contribution < 1.29 is 9.53 Å². The van der Waals surface area contributed by atoms with E-state index in [0.29, 0.717) is 4.88 Å². The minimum absolute atomic E-state index is 0.0965. The first-order chi connectivity index (χ1) is 10.2. The highest BCUT2D eigenvalue weighted by Crippen LogP contribution is 2.26. The van der Waals surface area contributed by atoms with E-state index in [1.165, 1.54) is 17.4 Å². The molecule has 8 heteroatoms. The molecule has 7 nitrogen and oxygen atoms in total. The molecule has 0 spiro atoms. The summed E-state index contributed by atoms with van der Waals surface area (Å²) in [5.41, 5.74) is 9.29. The summed E-state index contributed by atoms with van der Waals surface area (Å²) in [4.78, 5) is 23.2. The minimum atomic E-state index is -0.661. The average Bonchev–Trinajstić information content (AvgIpc) is 2.96. The molecule has 0 amide bonds. The fourth-order valence-electron chi connectivity index (χ4n) is 1.49. The lowest BCUT2D eigenvalue weighted by Gasteiger charge is -1.99. The van der Waals surface area contributed by atoms with Gasteiger partial charge in [0.15, 0.2) is 0 Å². The zero-order valence-electron chi connectivity index (χ0n) is 11.1. The predicted octanol–water partition coefficient (Wildman–Crippen LogP) is 3.42. The lowest BCUT2D eigenvalue weighted by atomic mass is 10.3. The van der Waals surface area contributed by atoms with Gasteiger partial charge in [-0.25, -0.2) is 9.78 Å². The van der Waals surface area contributed by atoms with Crippen LogP contribution < -0.4 is 0 Å². The number of hydrogen-bond donors (Lipinski definition) is 0. The molecule has 0 N–H and O–H groups in total. The molecule has 0 fully saturated rings. The molecular formula is C13H11N5O2S. The van der Waals surface area contributed by atoms with Crippen LogP contribution in [0.3, 0.4) is 0 Å². The van der Waals surface area contributed by atoms with Crippen molar-refractivity contribution in [1.82, 2.24) is 9.97 Å². The van der Waals surface area contributed by atoms with Crippen molar-refractivity contribution in [2.24, 2.45) is 5.11 Å². The average molecular weight is 301 g/mol. The number of pyridine rings is 1. The van der Waals surface area contributed by atoms with Gasteiger partial charge in [-0.3, -0.25) is 4.98 Å². The number of ether oxygens (including phenoxy) is 1. The van der Waals surface area contributed by atoms with Crippen molar-refractivity contribution in [3.63, 3.8) is 0 Å². The van der Waals surface area contributed by atoms with E-state index < -0.39 is 5.97 Å². The van der Waals surface area contributed by atoms with Crippen LogP contribution in [0.2, 0.25) is 0 Å². The number of carbonyl (C=O) groups is 1. The predicted molar refractivity (Wildman–Crippen MR) is 79.1 cm³/mol. The summed E-state index contributed by atoms with van der Waals surface area (Å²) in [5.74, 6) is -0.661. The molecule has 0 atom stereocenters. The second kappa shape index (κ2) is 7.18. The number of esters is 1. The maximum Gasteiger partial charge on any atom is 0.340 e. The first kappa shape index (κ1) is 14.7. The number of thiazole rings is 1. The standard InChI is InChI=1S/C13H11N5O2S/c1-2-20-13(19)11(17-18-14)6-10-8-16-12(21-10)9-4-3-5-15-7-9/h3-8H,2H2,1H3/b11-6-. The van der Waals surface area contributed by atoms with Gasteiger partial charge < -0.3 is 4.74 Å². The Hall–Kier alpha value is -2.70. The lowest BCUT2D eigenvalue weighted by molar-refractivity contribution is -0.138. The third-order valence-electron chi connectivity index (χ3n) is 2.35.